The van der Waals surface area contributed by atoms with Crippen LogP contribution in [0.1, 0.15) is 21.6 Å². The number of H-pyrrole nitrogens is 1. The van der Waals surface area contributed by atoms with Gasteiger partial charge in [0.25, 0.3) is 5.69 Å². The van der Waals surface area contributed by atoms with Gasteiger partial charge in [0, 0.05) is 22.8 Å². The van der Waals surface area contributed by atoms with Crippen molar-refractivity contribution in [3.8, 4) is 11.3 Å². The molecule has 130 valence electrons. The molecule has 3 rings (SSSR count). The molecule has 0 atom stereocenters. The number of nitrogens with zero attached hydrogens (tertiary/aromatic N) is 2. The lowest BCUT2D eigenvalue weighted by molar-refractivity contribution is -0.385. The Morgan fingerprint density at radius 2 is 1.92 bits per heavy atom. The van der Waals surface area contributed by atoms with Crippen LogP contribution in [0.15, 0.2) is 54.6 Å². The van der Waals surface area contributed by atoms with Crippen LogP contribution in [0.2, 0.25) is 0 Å². The van der Waals surface area contributed by atoms with Crippen molar-refractivity contribution in [2.24, 2.45) is 0 Å². The molecule has 0 unspecified atom stereocenters. The summed E-state index contributed by atoms with van der Waals surface area (Å²) in [7, 11) is 0. The Labute approximate surface area is 148 Å². The number of halogens is 1. The molecule has 7 heteroatoms. The number of carbonyl (C=O) groups is 1. The molecule has 1 heterocycles. The molecule has 0 amide bonds. The van der Waals surface area contributed by atoms with E-state index in [2.05, 4.69) is 10.2 Å². The molecule has 0 saturated carbocycles. The quantitative estimate of drug-likeness (QED) is 0.321. The van der Waals surface area contributed by atoms with Crippen molar-refractivity contribution >= 4 is 17.5 Å². The number of ketones is 1. The molecular weight excluding hydrogens is 337 g/mol. The fourth-order valence-corrected chi connectivity index (χ4v) is 2.47. The van der Waals surface area contributed by atoms with E-state index in [0.717, 1.165) is 5.56 Å². The van der Waals surface area contributed by atoms with Gasteiger partial charge < -0.3 is 0 Å². The third-order valence-electron chi connectivity index (χ3n) is 3.83. The highest BCUT2D eigenvalue weighted by Crippen LogP contribution is 2.20. The van der Waals surface area contributed by atoms with Crippen molar-refractivity contribution in [2.75, 3.05) is 0 Å². The Morgan fingerprint density at radius 3 is 2.58 bits per heavy atom. The van der Waals surface area contributed by atoms with Gasteiger partial charge in [-0.25, -0.2) is 4.39 Å². The van der Waals surface area contributed by atoms with Crippen molar-refractivity contribution in [2.45, 2.75) is 6.92 Å². The number of nitro groups is 1. The van der Waals surface area contributed by atoms with Gasteiger partial charge in [-0.3, -0.25) is 20.0 Å². The summed E-state index contributed by atoms with van der Waals surface area (Å²) in [4.78, 5) is 22.6. The Hall–Kier alpha value is -3.61. The van der Waals surface area contributed by atoms with Crippen LogP contribution in [0.4, 0.5) is 10.1 Å². The van der Waals surface area contributed by atoms with Gasteiger partial charge in [-0.1, -0.05) is 0 Å². The number of nitrogens with one attached hydrogen (secondary N) is 1. The van der Waals surface area contributed by atoms with Crippen molar-refractivity contribution < 1.29 is 14.1 Å². The second kappa shape index (κ2) is 7.10. The van der Waals surface area contributed by atoms with Gasteiger partial charge in [-0.05, 0) is 61.5 Å². The van der Waals surface area contributed by atoms with Crippen molar-refractivity contribution in [3.05, 3.63) is 87.4 Å². The monoisotopic (exact) mass is 351 g/mol. The van der Waals surface area contributed by atoms with E-state index in [9.17, 15) is 19.3 Å². The number of nitro benzene ring substituents is 1. The van der Waals surface area contributed by atoms with Gasteiger partial charge in [0.1, 0.15) is 5.82 Å². The average molecular weight is 351 g/mol. The van der Waals surface area contributed by atoms with E-state index in [1.54, 1.807) is 31.2 Å². The van der Waals surface area contributed by atoms with Crippen LogP contribution in [-0.4, -0.2) is 20.9 Å². The van der Waals surface area contributed by atoms with E-state index in [1.807, 2.05) is 0 Å². The van der Waals surface area contributed by atoms with Crippen LogP contribution in [0.3, 0.4) is 0 Å². The summed E-state index contributed by atoms with van der Waals surface area (Å²) >= 11 is 0. The fraction of sp³-hybridized carbons (Fsp3) is 0.0526. The normalized spacial score (nSPS) is 11.0. The van der Waals surface area contributed by atoms with E-state index in [0.29, 0.717) is 22.5 Å². The van der Waals surface area contributed by atoms with E-state index in [-0.39, 0.29) is 17.3 Å². The zero-order chi connectivity index (χ0) is 18.7. The van der Waals surface area contributed by atoms with E-state index in [1.165, 1.54) is 36.4 Å². The molecule has 3 aromatic rings. The lowest BCUT2D eigenvalue weighted by Crippen LogP contribution is -1.98. The van der Waals surface area contributed by atoms with Crippen LogP contribution < -0.4 is 0 Å². The molecule has 0 aliphatic rings. The summed E-state index contributed by atoms with van der Waals surface area (Å²) < 4.78 is 13.0. The van der Waals surface area contributed by atoms with Gasteiger partial charge in [0.15, 0.2) is 5.78 Å². The highest BCUT2D eigenvalue weighted by atomic mass is 19.1. The summed E-state index contributed by atoms with van der Waals surface area (Å²) in [6.07, 6.45) is 2.93. The third kappa shape index (κ3) is 3.72. The molecular formula is C19H14FN3O3. The molecule has 0 saturated heterocycles. The first-order valence-corrected chi connectivity index (χ1v) is 7.73. The van der Waals surface area contributed by atoms with Crippen molar-refractivity contribution in [3.63, 3.8) is 0 Å². The maximum Gasteiger partial charge on any atom is 0.272 e. The topological polar surface area (TPSA) is 88.9 Å². The molecule has 26 heavy (non-hydrogen) atoms. The van der Waals surface area contributed by atoms with Gasteiger partial charge in [0.2, 0.25) is 0 Å². The predicted octanol–water partition coefficient (Wildman–Crippen LogP) is 4.33. The van der Waals surface area contributed by atoms with Crippen molar-refractivity contribution in [1.29, 1.82) is 0 Å². The predicted molar refractivity (Wildman–Crippen MR) is 95.2 cm³/mol. The SMILES string of the molecule is Cc1cc(C(=O)/C=C/c2cc(-c3ccc(F)cc3)n[nH]2)ccc1[N+](=O)[O-]. The Balaban J connectivity index is 1.76. The van der Waals surface area contributed by atoms with Gasteiger partial charge in [-0.2, -0.15) is 5.10 Å². The summed E-state index contributed by atoms with van der Waals surface area (Å²) in [6.45, 7) is 1.59. The smallest absolute Gasteiger partial charge is 0.272 e. The van der Waals surface area contributed by atoms with Gasteiger partial charge >= 0.3 is 0 Å². The number of aromatic amines is 1. The number of carbonyl (C=O) groups excluding carboxylic acids is 1. The van der Waals surface area contributed by atoms with Crippen LogP contribution in [0.5, 0.6) is 0 Å². The molecule has 0 radical (unpaired) electrons. The van der Waals surface area contributed by atoms with Crippen LogP contribution >= 0.6 is 0 Å². The molecule has 1 aromatic heterocycles. The highest BCUT2D eigenvalue weighted by molar-refractivity contribution is 6.07. The Bertz CT molecular complexity index is 1010. The largest absolute Gasteiger partial charge is 0.289 e. The second-order valence-corrected chi connectivity index (χ2v) is 5.67. The summed E-state index contributed by atoms with van der Waals surface area (Å²) in [5, 5.41) is 17.7. The van der Waals surface area contributed by atoms with Gasteiger partial charge in [0.05, 0.1) is 16.3 Å². The first-order valence-electron chi connectivity index (χ1n) is 7.73. The first-order chi connectivity index (χ1) is 12.4. The summed E-state index contributed by atoms with van der Waals surface area (Å²) in [5.74, 6) is -0.602. The molecule has 0 aliphatic heterocycles. The van der Waals surface area contributed by atoms with Crippen molar-refractivity contribution in [1.82, 2.24) is 10.2 Å². The minimum Gasteiger partial charge on any atom is -0.289 e. The number of rotatable bonds is 5. The standard InChI is InChI=1S/C19H14FN3O3/c1-12-10-14(4-8-18(12)23(25)26)19(24)9-7-16-11-17(22-21-16)13-2-5-15(20)6-3-13/h2-11H,1H3,(H,21,22)/b9-7+. The van der Waals surface area contributed by atoms with E-state index in [4.69, 9.17) is 0 Å². The third-order valence-corrected chi connectivity index (χ3v) is 3.83. The number of allylic oxidation sites excluding steroid dienone is 1. The van der Waals surface area contributed by atoms with Crippen LogP contribution in [0.25, 0.3) is 17.3 Å². The molecule has 0 fully saturated rings. The second-order valence-electron chi connectivity index (χ2n) is 5.67. The number of hydrogen-bond acceptors (Lipinski definition) is 4. The number of benzene rings is 2. The molecule has 0 aliphatic carbocycles. The minimum absolute atomic E-state index is 0.0250. The molecule has 6 nitrogen and oxygen atoms in total. The molecule has 1 N–H and O–H groups in total. The van der Waals surface area contributed by atoms with E-state index >= 15 is 0 Å². The maximum atomic E-state index is 13.0. The Kier molecular flexibility index (Phi) is 4.70. The average Bonchev–Trinajstić information content (AvgIpc) is 3.09. The first kappa shape index (κ1) is 17.2. The van der Waals surface area contributed by atoms with Crippen LogP contribution in [0, 0.1) is 22.9 Å². The number of aryl methyl sites for hydroxylation is 1. The van der Waals surface area contributed by atoms with E-state index < -0.39 is 4.92 Å². The molecule has 0 spiro atoms. The summed E-state index contributed by atoms with van der Waals surface area (Å²) in [5.41, 5.74) is 2.75. The summed E-state index contributed by atoms with van der Waals surface area (Å²) in [6, 6.07) is 11.9. The fourth-order valence-electron chi connectivity index (χ4n) is 2.47. The molecule has 0 bridgehead atoms. The number of aromatic nitrogens is 2. The maximum absolute atomic E-state index is 13.0. The number of hydrogen-bond donors (Lipinski definition) is 1. The highest BCUT2D eigenvalue weighted by Gasteiger charge is 2.12. The van der Waals surface area contributed by atoms with Crippen LogP contribution in [-0.2, 0) is 0 Å². The van der Waals surface area contributed by atoms with Gasteiger partial charge in [-0.15, -0.1) is 0 Å². The molecule has 2 aromatic carbocycles. The lowest BCUT2D eigenvalue weighted by Gasteiger charge is -1.99. The Morgan fingerprint density at radius 1 is 1.19 bits per heavy atom. The minimum atomic E-state index is -0.485. The lowest BCUT2D eigenvalue weighted by atomic mass is 10.1. The zero-order valence-electron chi connectivity index (χ0n) is 13.8. The zero-order valence-corrected chi connectivity index (χ0v) is 13.8.